The maximum absolute atomic E-state index is 13.6. The highest BCUT2D eigenvalue weighted by Crippen LogP contribution is 2.40. The summed E-state index contributed by atoms with van der Waals surface area (Å²) in [5.74, 6) is -6.54. The van der Waals surface area contributed by atoms with E-state index in [-0.39, 0.29) is 6.42 Å². The van der Waals surface area contributed by atoms with E-state index in [0.717, 1.165) is 6.92 Å². The molecule has 0 saturated carbocycles. The van der Waals surface area contributed by atoms with Crippen LogP contribution in [0, 0.1) is 0 Å². The van der Waals surface area contributed by atoms with Gasteiger partial charge in [0.25, 0.3) is 0 Å². The van der Waals surface area contributed by atoms with Gasteiger partial charge in [-0.3, -0.25) is 0 Å². The first kappa shape index (κ1) is 17.8. The Labute approximate surface area is 107 Å². The van der Waals surface area contributed by atoms with E-state index in [9.17, 15) is 26.7 Å². The summed E-state index contributed by atoms with van der Waals surface area (Å²) in [6.45, 7) is 4.98. The fourth-order valence-electron chi connectivity index (χ4n) is 0.896. The molecule has 0 saturated heterocycles. The van der Waals surface area contributed by atoms with E-state index in [0.29, 0.717) is 6.42 Å². The molecule has 0 rings (SSSR count). The van der Waals surface area contributed by atoms with Crippen molar-refractivity contribution in [1.82, 2.24) is 0 Å². The lowest BCUT2D eigenvalue weighted by Crippen LogP contribution is -2.55. The van der Waals surface area contributed by atoms with Crippen molar-refractivity contribution in [1.29, 1.82) is 0 Å². The average Bonchev–Trinajstić information content (AvgIpc) is 2.28. The summed E-state index contributed by atoms with van der Waals surface area (Å²) in [6.07, 6.45) is -8.67. The van der Waals surface area contributed by atoms with Gasteiger partial charge in [0.15, 0.2) is 0 Å². The van der Waals surface area contributed by atoms with Crippen LogP contribution in [0.4, 0.5) is 22.0 Å². The number of halogens is 5. The first-order valence-corrected chi connectivity index (χ1v) is 5.46. The van der Waals surface area contributed by atoms with Crippen molar-refractivity contribution in [2.24, 2.45) is 0 Å². The third-order valence-corrected chi connectivity index (χ3v) is 2.05. The standard InChI is InChI=1S/C11H15F5O3/c1-4-5-6-18-11(15,16)10(14,9(12)13)19-8(17)7(2)3/h9H,2,4-6H2,1,3H3. The van der Waals surface area contributed by atoms with Gasteiger partial charge in [-0.15, -0.1) is 0 Å². The summed E-state index contributed by atoms with van der Waals surface area (Å²) in [6, 6.07) is 0. The van der Waals surface area contributed by atoms with Crippen molar-refractivity contribution in [3.63, 3.8) is 0 Å². The molecule has 0 aliphatic rings. The Balaban J connectivity index is 5.04. The lowest BCUT2D eigenvalue weighted by atomic mass is 10.2. The molecule has 0 aliphatic heterocycles. The van der Waals surface area contributed by atoms with Crippen LogP contribution in [0.2, 0.25) is 0 Å². The molecule has 0 N–H and O–H groups in total. The van der Waals surface area contributed by atoms with Gasteiger partial charge in [-0.1, -0.05) is 19.9 Å². The third kappa shape index (κ3) is 4.45. The molecule has 0 amide bonds. The van der Waals surface area contributed by atoms with Crippen LogP contribution in [0.3, 0.4) is 0 Å². The van der Waals surface area contributed by atoms with Crippen LogP contribution in [0.1, 0.15) is 26.7 Å². The Morgan fingerprint density at radius 3 is 2.21 bits per heavy atom. The molecule has 0 bridgehead atoms. The number of carbonyl (C=O) groups is 1. The molecule has 3 nitrogen and oxygen atoms in total. The van der Waals surface area contributed by atoms with Gasteiger partial charge in [-0.25, -0.2) is 13.6 Å². The number of hydrogen-bond acceptors (Lipinski definition) is 3. The Morgan fingerprint density at radius 2 is 1.84 bits per heavy atom. The molecule has 112 valence electrons. The monoisotopic (exact) mass is 290 g/mol. The molecule has 1 atom stereocenters. The fourth-order valence-corrected chi connectivity index (χ4v) is 0.896. The van der Waals surface area contributed by atoms with Crippen molar-refractivity contribution in [2.75, 3.05) is 6.61 Å². The maximum Gasteiger partial charge on any atom is 0.432 e. The van der Waals surface area contributed by atoms with Gasteiger partial charge < -0.3 is 9.47 Å². The van der Waals surface area contributed by atoms with Gasteiger partial charge in [0.05, 0.1) is 6.61 Å². The fraction of sp³-hybridized carbons (Fsp3) is 0.727. The largest absolute Gasteiger partial charge is 0.432 e. The van der Waals surface area contributed by atoms with E-state index in [1.165, 1.54) is 0 Å². The van der Waals surface area contributed by atoms with E-state index in [1.807, 2.05) is 0 Å². The second kappa shape index (κ2) is 6.83. The van der Waals surface area contributed by atoms with Gasteiger partial charge in [0.2, 0.25) is 0 Å². The zero-order valence-corrected chi connectivity index (χ0v) is 10.5. The van der Waals surface area contributed by atoms with Crippen LogP contribution in [-0.2, 0) is 14.3 Å². The minimum absolute atomic E-state index is 0.114. The Kier molecular flexibility index (Phi) is 6.41. The molecular weight excluding hydrogens is 275 g/mol. The summed E-state index contributed by atoms with van der Waals surface area (Å²) in [5, 5.41) is 0. The number of rotatable bonds is 8. The number of alkyl halides is 5. The summed E-state index contributed by atoms with van der Waals surface area (Å²) in [4.78, 5) is 11.0. The number of hydrogen-bond donors (Lipinski definition) is 0. The SMILES string of the molecule is C=C(C)C(=O)OC(F)(C(F)F)C(F)(F)OCCCC. The van der Waals surface area contributed by atoms with Crippen LogP contribution in [-0.4, -0.2) is 31.0 Å². The molecular formula is C11H15F5O3. The second-order valence-corrected chi connectivity index (χ2v) is 3.83. The normalized spacial score (nSPS) is 15.2. The van der Waals surface area contributed by atoms with Crippen molar-refractivity contribution in [2.45, 2.75) is 45.1 Å². The average molecular weight is 290 g/mol. The van der Waals surface area contributed by atoms with E-state index in [1.54, 1.807) is 6.92 Å². The summed E-state index contributed by atoms with van der Waals surface area (Å²) in [7, 11) is 0. The number of unbranched alkanes of at least 4 members (excludes halogenated alkanes) is 1. The molecule has 0 aromatic rings. The van der Waals surface area contributed by atoms with Crippen LogP contribution in [0.5, 0.6) is 0 Å². The smallest absolute Gasteiger partial charge is 0.412 e. The van der Waals surface area contributed by atoms with E-state index >= 15 is 0 Å². The number of ether oxygens (including phenoxy) is 2. The molecule has 0 aromatic heterocycles. The number of carbonyl (C=O) groups excluding carboxylic acids is 1. The van der Waals surface area contributed by atoms with Crippen LogP contribution >= 0.6 is 0 Å². The van der Waals surface area contributed by atoms with Crippen molar-refractivity contribution in [3.05, 3.63) is 12.2 Å². The molecule has 19 heavy (non-hydrogen) atoms. The lowest BCUT2D eigenvalue weighted by Gasteiger charge is -2.31. The van der Waals surface area contributed by atoms with Crippen molar-refractivity contribution in [3.8, 4) is 0 Å². The van der Waals surface area contributed by atoms with E-state index < -0.39 is 36.5 Å². The van der Waals surface area contributed by atoms with Crippen molar-refractivity contribution >= 4 is 5.97 Å². The zero-order valence-electron chi connectivity index (χ0n) is 10.5. The summed E-state index contributed by atoms with van der Waals surface area (Å²) < 4.78 is 72.4. The topological polar surface area (TPSA) is 35.5 Å². The first-order chi connectivity index (χ1) is 8.58. The zero-order chi connectivity index (χ0) is 15.3. The number of esters is 1. The van der Waals surface area contributed by atoms with Crippen molar-refractivity contribution < 1.29 is 36.2 Å². The van der Waals surface area contributed by atoms with E-state index in [4.69, 9.17) is 0 Å². The molecule has 0 fully saturated rings. The second-order valence-electron chi connectivity index (χ2n) is 3.83. The van der Waals surface area contributed by atoms with Gasteiger partial charge in [-0.05, 0) is 13.3 Å². The van der Waals surface area contributed by atoms with Crippen LogP contribution in [0.25, 0.3) is 0 Å². The Morgan fingerprint density at radius 1 is 1.32 bits per heavy atom. The summed E-state index contributed by atoms with van der Waals surface area (Å²) in [5.41, 5.74) is -0.493. The molecule has 0 radical (unpaired) electrons. The predicted octanol–water partition coefficient (Wildman–Crippen LogP) is 3.45. The highest BCUT2D eigenvalue weighted by atomic mass is 19.3. The van der Waals surface area contributed by atoms with Crippen LogP contribution < -0.4 is 0 Å². The van der Waals surface area contributed by atoms with Gasteiger partial charge in [-0.2, -0.15) is 13.2 Å². The Hall–Kier alpha value is -1.18. The van der Waals surface area contributed by atoms with Gasteiger partial charge >= 0.3 is 24.4 Å². The Bertz CT molecular complexity index is 332. The minimum Gasteiger partial charge on any atom is -0.412 e. The third-order valence-electron chi connectivity index (χ3n) is 2.05. The molecule has 0 aromatic carbocycles. The van der Waals surface area contributed by atoms with E-state index in [2.05, 4.69) is 16.1 Å². The van der Waals surface area contributed by atoms with Gasteiger partial charge in [0, 0.05) is 5.57 Å². The quantitative estimate of drug-likeness (QED) is 0.297. The van der Waals surface area contributed by atoms with Crippen LogP contribution in [0.15, 0.2) is 12.2 Å². The molecule has 1 unspecified atom stereocenters. The molecule has 0 heterocycles. The molecule has 0 spiro atoms. The minimum atomic E-state index is -4.96. The predicted molar refractivity (Wildman–Crippen MR) is 56.6 cm³/mol. The summed E-state index contributed by atoms with van der Waals surface area (Å²) >= 11 is 0. The maximum atomic E-state index is 13.6. The highest BCUT2D eigenvalue weighted by Gasteiger charge is 2.67. The molecule has 0 aliphatic carbocycles. The highest BCUT2D eigenvalue weighted by molar-refractivity contribution is 5.87. The first-order valence-electron chi connectivity index (χ1n) is 5.46. The molecule has 8 heteroatoms. The lowest BCUT2D eigenvalue weighted by molar-refractivity contribution is -0.398. The van der Waals surface area contributed by atoms with Gasteiger partial charge in [0.1, 0.15) is 0 Å².